The highest BCUT2D eigenvalue weighted by atomic mass is 16.4. The Hall–Kier alpha value is -1.03. The van der Waals surface area contributed by atoms with E-state index in [0.29, 0.717) is 0 Å². The minimum Gasteiger partial charge on any atom is -0.432 e. The highest BCUT2D eigenvalue weighted by molar-refractivity contribution is 5.27. The molecule has 66 valence electrons. The van der Waals surface area contributed by atoms with Crippen LogP contribution < -0.4 is 10.2 Å². The van der Waals surface area contributed by atoms with E-state index >= 15 is 0 Å². The number of hydrogen-bond donors (Lipinski definition) is 1. The van der Waals surface area contributed by atoms with Crippen LogP contribution in [0.4, 0.5) is 6.01 Å². The molecule has 4 nitrogen and oxygen atoms in total. The van der Waals surface area contributed by atoms with Gasteiger partial charge in [0.05, 0.1) is 5.69 Å². The van der Waals surface area contributed by atoms with E-state index in [9.17, 15) is 0 Å². The maximum atomic E-state index is 5.29. The van der Waals surface area contributed by atoms with Gasteiger partial charge in [-0.3, -0.25) is 0 Å². The average molecular weight is 167 g/mol. The molecule has 0 aromatic carbocycles. The second-order valence-corrected chi connectivity index (χ2v) is 3.01. The van der Waals surface area contributed by atoms with Crippen LogP contribution in [0.2, 0.25) is 0 Å². The molecule has 1 aliphatic heterocycles. The number of nitrogens with zero attached hydrogens (tertiary/aromatic N) is 2. The molecule has 1 saturated heterocycles. The molecule has 0 radical (unpaired) electrons. The van der Waals surface area contributed by atoms with Crippen molar-refractivity contribution in [2.24, 2.45) is 0 Å². The number of oxazole rings is 1. The largest absolute Gasteiger partial charge is 0.432 e. The van der Waals surface area contributed by atoms with E-state index in [2.05, 4.69) is 15.2 Å². The first-order chi connectivity index (χ1) is 5.86. The minimum absolute atomic E-state index is 0.758. The third-order valence-corrected chi connectivity index (χ3v) is 1.99. The number of piperazine rings is 1. The summed E-state index contributed by atoms with van der Waals surface area (Å²) in [6.07, 6.45) is 1.69. The Morgan fingerprint density at radius 2 is 2.25 bits per heavy atom. The van der Waals surface area contributed by atoms with Crippen molar-refractivity contribution < 1.29 is 4.42 Å². The van der Waals surface area contributed by atoms with Crippen molar-refractivity contribution in [3.8, 4) is 0 Å². The molecular weight excluding hydrogens is 154 g/mol. The van der Waals surface area contributed by atoms with Crippen LogP contribution in [-0.4, -0.2) is 31.2 Å². The SMILES string of the molecule is Cc1coc(N2CCNCC2)n1. The molecule has 0 unspecified atom stereocenters. The first-order valence-corrected chi connectivity index (χ1v) is 4.24. The fraction of sp³-hybridized carbons (Fsp3) is 0.625. The van der Waals surface area contributed by atoms with Gasteiger partial charge in [0.1, 0.15) is 6.26 Å². The van der Waals surface area contributed by atoms with Crippen LogP contribution in [0.15, 0.2) is 10.7 Å². The van der Waals surface area contributed by atoms with E-state index in [1.165, 1.54) is 0 Å². The maximum absolute atomic E-state index is 5.29. The van der Waals surface area contributed by atoms with Crippen LogP contribution >= 0.6 is 0 Å². The zero-order valence-corrected chi connectivity index (χ0v) is 7.21. The second kappa shape index (κ2) is 3.15. The predicted molar refractivity (Wildman–Crippen MR) is 46.3 cm³/mol. The van der Waals surface area contributed by atoms with Crippen LogP contribution in [0.5, 0.6) is 0 Å². The lowest BCUT2D eigenvalue weighted by atomic mass is 10.4. The Kier molecular flexibility index (Phi) is 1.99. The van der Waals surface area contributed by atoms with Crippen LogP contribution in [0, 0.1) is 6.92 Å². The predicted octanol–water partition coefficient (Wildman–Crippen LogP) is 0.393. The fourth-order valence-corrected chi connectivity index (χ4v) is 1.34. The van der Waals surface area contributed by atoms with E-state index in [4.69, 9.17) is 4.42 Å². The Bertz CT molecular complexity index is 253. The Balaban J connectivity index is 2.08. The lowest BCUT2D eigenvalue weighted by Gasteiger charge is -2.25. The number of nitrogens with one attached hydrogen (secondary N) is 1. The topological polar surface area (TPSA) is 41.3 Å². The van der Waals surface area contributed by atoms with Gasteiger partial charge in [-0.2, -0.15) is 4.98 Å². The Morgan fingerprint density at radius 1 is 1.50 bits per heavy atom. The summed E-state index contributed by atoms with van der Waals surface area (Å²) in [5.74, 6) is 0. The third kappa shape index (κ3) is 1.43. The molecule has 0 spiro atoms. The number of aryl methyl sites for hydroxylation is 1. The van der Waals surface area contributed by atoms with E-state index in [0.717, 1.165) is 37.9 Å². The van der Waals surface area contributed by atoms with Crippen LogP contribution in [0.25, 0.3) is 0 Å². The van der Waals surface area contributed by atoms with Gasteiger partial charge in [-0.05, 0) is 6.92 Å². The fourth-order valence-electron chi connectivity index (χ4n) is 1.34. The van der Waals surface area contributed by atoms with E-state index < -0.39 is 0 Å². The van der Waals surface area contributed by atoms with Crippen LogP contribution in [0.3, 0.4) is 0 Å². The van der Waals surface area contributed by atoms with E-state index in [1.54, 1.807) is 6.26 Å². The van der Waals surface area contributed by atoms with Gasteiger partial charge in [0.15, 0.2) is 0 Å². The van der Waals surface area contributed by atoms with Gasteiger partial charge in [0.25, 0.3) is 6.01 Å². The van der Waals surface area contributed by atoms with Crippen molar-refractivity contribution >= 4 is 6.01 Å². The highest BCUT2D eigenvalue weighted by Crippen LogP contribution is 2.12. The quantitative estimate of drug-likeness (QED) is 0.657. The van der Waals surface area contributed by atoms with Gasteiger partial charge in [-0.25, -0.2) is 0 Å². The summed E-state index contributed by atoms with van der Waals surface area (Å²) in [6.45, 7) is 5.94. The molecule has 1 aliphatic rings. The monoisotopic (exact) mass is 167 g/mol. The first kappa shape index (κ1) is 7.61. The van der Waals surface area contributed by atoms with Gasteiger partial charge in [-0.15, -0.1) is 0 Å². The van der Waals surface area contributed by atoms with Gasteiger partial charge in [0, 0.05) is 26.2 Å². The summed E-state index contributed by atoms with van der Waals surface area (Å²) in [7, 11) is 0. The molecule has 0 bridgehead atoms. The van der Waals surface area contributed by atoms with Crippen LogP contribution in [0.1, 0.15) is 5.69 Å². The molecular formula is C8H13N3O. The van der Waals surface area contributed by atoms with Crippen molar-refractivity contribution in [1.29, 1.82) is 0 Å². The number of aromatic nitrogens is 1. The molecule has 12 heavy (non-hydrogen) atoms. The molecule has 0 atom stereocenters. The summed E-state index contributed by atoms with van der Waals surface area (Å²) in [6, 6.07) is 0.758. The Morgan fingerprint density at radius 3 is 2.83 bits per heavy atom. The molecule has 2 heterocycles. The highest BCUT2D eigenvalue weighted by Gasteiger charge is 2.14. The summed E-state index contributed by atoms with van der Waals surface area (Å²) >= 11 is 0. The molecule has 0 amide bonds. The number of anilines is 1. The molecule has 1 fully saturated rings. The molecule has 1 aromatic rings. The van der Waals surface area contributed by atoms with Crippen LogP contribution in [-0.2, 0) is 0 Å². The zero-order valence-electron chi connectivity index (χ0n) is 7.21. The first-order valence-electron chi connectivity index (χ1n) is 4.24. The molecule has 2 rings (SSSR count). The molecule has 1 N–H and O–H groups in total. The minimum atomic E-state index is 0.758. The normalized spacial score (nSPS) is 18.2. The lowest BCUT2D eigenvalue weighted by molar-refractivity contribution is 0.498. The number of hydrogen-bond acceptors (Lipinski definition) is 4. The third-order valence-electron chi connectivity index (χ3n) is 1.99. The summed E-state index contributed by atoms with van der Waals surface area (Å²) in [5, 5.41) is 3.28. The van der Waals surface area contributed by atoms with E-state index in [-0.39, 0.29) is 0 Å². The van der Waals surface area contributed by atoms with Gasteiger partial charge in [0.2, 0.25) is 0 Å². The number of rotatable bonds is 1. The molecule has 0 saturated carbocycles. The summed E-state index contributed by atoms with van der Waals surface area (Å²) < 4.78 is 5.29. The average Bonchev–Trinajstić information content (AvgIpc) is 2.54. The molecule has 4 heteroatoms. The second-order valence-electron chi connectivity index (χ2n) is 3.01. The standard InChI is InChI=1S/C8H13N3O/c1-7-6-12-8(10-7)11-4-2-9-3-5-11/h6,9H,2-5H2,1H3. The zero-order chi connectivity index (χ0) is 8.39. The van der Waals surface area contributed by atoms with Gasteiger partial charge in [-0.1, -0.05) is 0 Å². The van der Waals surface area contributed by atoms with Crippen molar-refractivity contribution in [3.05, 3.63) is 12.0 Å². The lowest BCUT2D eigenvalue weighted by Crippen LogP contribution is -2.43. The van der Waals surface area contributed by atoms with Crippen molar-refractivity contribution in [2.75, 3.05) is 31.1 Å². The molecule has 1 aromatic heterocycles. The summed E-state index contributed by atoms with van der Waals surface area (Å²) in [4.78, 5) is 6.42. The molecule has 0 aliphatic carbocycles. The van der Waals surface area contributed by atoms with E-state index in [1.807, 2.05) is 6.92 Å². The summed E-state index contributed by atoms with van der Waals surface area (Å²) in [5.41, 5.74) is 0.948. The Labute approximate surface area is 71.6 Å². The van der Waals surface area contributed by atoms with Crippen molar-refractivity contribution in [1.82, 2.24) is 10.3 Å². The van der Waals surface area contributed by atoms with Gasteiger partial charge >= 0.3 is 0 Å². The smallest absolute Gasteiger partial charge is 0.297 e. The van der Waals surface area contributed by atoms with Crippen molar-refractivity contribution in [3.63, 3.8) is 0 Å². The van der Waals surface area contributed by atoms with Crippen molar-refractivity contribution in [2.45, 2.75) is 6.92 Å². The van der Waals surface area contributed by atoms with Gasteiger partial charge < -0.3 is 14.6 Å². The maximum Gasteiger partial charge on any atom is 0.297 e.